The van der Waals surface area contributed by atoms with Gasteiger partial charge in [0, 0.05) is 11.8 Å². The molecule has 0 spiro atoms. The van der Waals surface area contributed by atoms with Crippen LogP contribution in [0.1, 0.15) is 21.7 Å². The van der Waals surface area contributed by atoms with Gasteiger partial charge in [0.15, 0.2) is 5.69 Å². The monoisotopic (exact) mass is 273 g/mol. The van der Waals surface area contributed by atoms with Gasteiger partial charge < -0.3 is 0 Å². The maximum atomic E-state index is 11.6. The van der Waals surface area contributed by atoms with Crippen molar-refractivity contribution >= 4 is 17.8 Å². The molecule has 1 aromatic heterocycles. The summed E-state index contributed by atoms with van der Waals surface area (Å²) in [6.45, 7) is 1.76. The third-order valence-electron chi connectivity index (χ3n) is 2.44. The highest BCUT2D eigenvalue weighted by Gasteiger charge is 2.11. The predicted molar refractivity (Wildman–Crippen MR) is 71.5 cm³/mol. The standard InChI is InChI=1S/C12H11N5O3/c1-8-6-10(15-14-8)12(18)16-13-7-9-4-2-3-5-11(9)17(19)20/h2-7H,1H3,(H,14,15)(H,16,18)/b13-7+. The number of benzene rings is 1. The Morgan fingerprint density at radius 2 is 2.25 bits per heavy atom. The van der Waals surface area contributed by atoms with Gasteiger partial charge in [-0.1, -0.05) is 12.1 Å². The molecule has 1 amide bonds. The first-order chi connectivity index (χ1) is 9.58. The molecule has 102 valence electrons. The number of carbonyl (C=O) groups is 1. The summed E-state index contributed by atoms with van der Waals surface area (Å²) in [6.07, 6.45) is 1.22. The normalized spacial score (nSPS) is 10.7. The number of aryl methyl sites for hydroxylation is 1. The van der Waals surface area contributed by atoms with E-state index < -0.39 is 10.8 Å². The van der Waals surface area contributed by atoms with Crippen LogP contribution >= 0.6 is 0 Å². The van der Waals surface area contributed by atoms with E-state index in [0.717, 1.165) is 5.69 Å². The van der Waals surface area contributed by atoms with Crippen LogP contribution in [-0.2, 0) is 0 Å². The highest BCUT2D eigenvalue weighted by molar-refractivity contribution is 5.93. The van der Waals surface area contributed by atoms with Crippen molar-refractivity contribution in [1.29, 1.82) is 0 Å². The van der Waals surface area contributed by atoms with Crippen LogP contribution in [0.25, 0.3) is 0 Å². The van der Waals surface area contributed by atoms with Gasteiger partial charge in [0.1, 0.15) is 0 Å². The van der Waals surface area contributed by atoms with Crippen LogP contribution in [0.5, 0.6) is 0 Å². The van der Waals surface area contributed by atoms with Crippen molar-refractivity contribution in [1.82, 2.24) is 15.6 Å². The fourth-order valence-electron chi connectivity index (χ4n) is 1.52. The largest absolute Gasteiger partial charge is 0.291 e. The first-order valence-corrected chi connectivity index (χ1v) is 5.67. The number of nitro benzene ring substituents is 1. The lowest BCUT2D eigenvalue weighted by atomic mass is 10.2. The molecule has 2 aromatic rings. The van der Waals surface area contributed by atoms with Crippen molar-refractivity contribution in [3.05, 3.63) is 57.4 Å². The summed E-state index contributed by atoms with van der Waals surface area (Å²) >= 11 is 0. The molecule has 1 aromatic carbocycles. The minimum atomic E-state index is -0.514. The zero-order valence-corrected chi connectivity index (χ0v) is 10.5. The number of aromatic nitrogens is 2. The third-order valence-corrected chi connectivity index (χ3v) is 2.44. The second-order valence-electron chi connectivity index (χ2n) is 3.95. The van der Waals surface area contributed by atoms with E-state index >= 15 is 0 Å². The maximum absolute atomic E-state index is 11.6. The molecule has 2 rings (SSSR count). The molecule has 0 bridgehead atoms. The molecule has 1 heterocycles. The number of rotatable bonds is 4. The lowest BCUT2D eigenvalue weighted by Gasteiger charge is -1.97. The summed E-state index contributed by atoms with van der Waals surface area (Å²) in [5.74, 6) is -0.496. The van der Waals surface area contributed by atoms with Crippen LogP contribution in [-0.4, -0.2) is 27.2 Å². The Morgan fingerprint density at radius 3 is 2.90 bits per heavy atom. The minimum Gasteiger partial charge on any atom is -0.282 e. The number of hydrazone groups is 1. The summed E-state index contributed by atoms with van der Waals surface area (Å²) in [5.41, 5.74) is 3.42. The first kappa shape index (κ1) is 13.4. The highest BCUT2D eigenvalue weighted by Crippen LogP contribution is 2.14. The van der Waals surface area contributed by atoms with E-state index in [-0.39, 0.29) is 11.4 Å². The summed E-state index contributed by atoms with van der Waals surface area (Å²) in [6, 6.07) is 7.66. The zero-order chi connectivity index (χ0) is 14.5. The quantitative estimate of drug-likeness (QED) is 0.497. The smallest absolute Gasteiger partial charge is 0.282 e. The Bertz CT molecular complexity index is 677. The van der Waals surface area contributed by atoms with Gasteiger partial charge in [0.2, 0.25) is 0 Å². The van der Waals surface area contributed by atoms with Crippen LogP contribution in [0, 0.1) is 17.0 Å². The van der Waals surface area contributed by atoms with Gasteiger partial charge >= 0.3 is 0 Å². The number of hydrogen-bond donors (Lipinski definition) is 2. The molecule has 0 aliphatic carbocycles. The number of carbonyl (C=O) groups excluding carboxylic acids is 1. The molecule has 0 aliphatic heterocycles. The van der Waals surface area contributed by atoms with Crippen molar-refractivity contribution in [2.24, 2.45) is 5.10 Å². The fourth-order valence-corrected chi connectivity index (χ4v) is 1.52. The number of H-pyrrole nitrogens is 1. The SMILES string of the molecule is Cc1cc(C(=O)N/N=C/c2ccccc2[N+](=O)[O-])n[nH]1. The summed E-state index contributed by atoms with van der Waals surface area (Å²) in [5, 5.41) is 20.9. The van der Waals surface area contributed by atoms with Gasteiger partial charge in [-0.05, 0) is 19.1 Å². The van der Waals surface area contributed by atoms with Gasteiger partial charge in [-0.15, -0.1) is 0 Å². The summed E-state index contributed by atoms with van der Waals surface area (Å²) < 4.78 is 0. The number of nitrogens with zero attached hydrogens (tertiary/aromatic N) is 3. The molecule has 2 N–H and O–H groups in total. The average Bonchev–Trinajstić information content (AvgIpc) is 2.86. The average molecular weight is 273 g/mol. The Morgan fingerprint density at radius 1 is 1.50 bits per heavy atom. The fraction of sp³-hybridized carbons (Fsp3) is 0.0833. The topological polar surface area (TPSA) is 113 Å². The molecule has 0 saturated carbocycles. The van der Waals surface area contributed by atoms with Gasteiger partial charge in [0.05, 0.1) is 16.7 Å². The van der Waals surface area contributed by atoms with E-state index in [1.165, 1.54) is 18.3 Å². The summed E-state index contributed by atoms with van der Waals surface area (Å²) in [7, 11) is 0. The van der Waals surface area contributed by atoms with Crippen LogP contribution in [0.3, 0.4) is 0 Å². The number of aromatic amines is 1. The number of amides is 1. The Labute approximate surface area is 113 Å². The molecule has 8 nitrogen and oxygen atoms in total. The molecule has 0 aliphatic rings. The number of nitro groups is 1. The van der Waals surface area contributed by atoms with E-state index in [4.69, 9.17) is 0 Å². The van der Waals surface area contributed by atoms with Gasteiger partial charge in [0.25, 0.3) is 11.6 Å². The zero-order valence-electron chi connectivity index (χ0n) is 10.5. The highest BCUT2D eigenvalue weighted by atomic mass is 16.6. The molecule has 20 heavy (non-hydrogen) atoms. The second kappa shape index (κ2) is 5.74. The van der Waals surface area contributed by atoms with E-state index in [0.29, 0.717) is 5.56 Å². The molecule has 0 saturated heterocycles. The van der Waals surface area contributed by atoms with Crippen molar-refractivity contribution in [3.63, 3.8) is 0 Å². The van der Waals surface area contributed by atoms with Crippen molar-refractivity contribution in [2.45, 2.75) is 6.92 Å². The molecule has 0 atom stereocenters. The van der Waals surface area contributed by atoms with Gasteiger partial charge in [-0.25, -0.2) is 5.43 Å². The molecule has 0 unspecified atom stereocenters. The van der Waals surface area contributed by atoms with Crippen LogP contribution in [0.4, 0.5) is 5.69 Å². The third kappa shape index (κ3) is 3.05. The Hall–Kier alpha value is -3.03. The maximum Gasteiger partial charge on any atom is 0.291 e. The number of nitrogens with one attached hydrogen (secondary N) is 2. The Kier molecular flexibility index (Phi) is 3.85. The molecule has 8 heteroatoms. The number of hydrogen-bond acceptors (Lipinski definition) is 5. The van der Waals surface area contributed by atoms with Gasteiger partial charge in [-0.3, -0.25) is 20.0 Å². The van der Waals surface area contributed by atoms with Crippen LogP contribution in [0.2, 0.25) is 0 Å². The molecular formula is C12H11N5O3. The van der Waals surface area contributed by atoms with Crippen molar-refractivity contribution in [3.8, 4) is 0 Å². The van der Waals surface area contributed by atoms with E-state index in [2.05, 4.69) is 20.7 Å². The predicted octanol–water partition coefficient (Wildman–Crippen LogP) is 1.39. The lowest BCUT2D eigenvalue weighted by Crippen LogP contribution is -2.18. The Balaban J connectivity index is 2.07. The van der Waals surface area contributed by atoms with E-state index in [1.54, 1.807) is 25.1 Å². The molecular weight excluding hydrogens is 262 g/mol. The van der Waals surface area contributed by atoms with E-state index in [9.17, 15) is 14.9 Å². The minimum absolute atomic E-state index is 0.0823. The van der Waals surface area contributed by atoms with E-state index in [1.807, 2.05) is 0 Å². The molecule has 0 radical (unpaired) electrons. The van der Waals surface area contributed by atoms with Crippen LogP contribution < -0.4 is 5.43 Å². The lowest BCUT2D eigenvalue weighted by molar-refractivity contribution is -0.385. The van der Waals surface area contributed by atoms with Crippen molar-refractivity contribution < 1.29 is 9.72 Å². The number of para-hydroxylation sites is 1. The first-order valence-electron chi connectivity index (χ1n) is 5.67. The van der Waals surface area contributed by atoms with Gasteiger partial charge in [-0.2, -0.15) is 10.2 Å². The summed E-state index contributed by atoms with van der Waals surface area (Å²) in [4.78, 5) is 21.9. The van der Waals surface area contributed by atoms with Crippen LogP contribution in [0.15, 0.2) is 35.4 Å². The second-order valence-corrected chi connectivity index (χ2v) is 3.95. The van der Waals surface area contributed by atoms with Crippen molar-refractivity contribution in [2.75, 3.05) is 0 Å². The molecule has 0 fully saturated rings.